The molecule has 0 spiro atoms. The molecule has 4 rings (SSSR count). The van der Waals surface area contributed by atoms with Crippen molar-refractivity contribution >= 4 is 17.2 Å². The Morgan fingerprint density at radius 2 is 1.81 bits per heavy atom. The van der Waals surface area contributed by atoms with Gasteiger partial charge in [0.15, 0.2) is 0 Å². The maximum atomic E-state index is 13.5. The SMILES string of the molecule is C[C@@H](Oc1ccc(N)c(C(=N)c2ccc(N3CCNCC3)nc2)c1)c1cc(F)cc(F)c1. The van der Waals surface area contributed by atoms with Gasteiger partial charge in [0, 0.05) is 55.3 Å². The number of nitrogens with two attached hydrogens (primary N) is 1. The predicted molar refractivity (Wildman–Crippen MR) is 122 cm³/mol. The second-order valence-electron chi connectivity index (χ2n) is 7.73. The molecule has 1 aliphatic rings. The van der Waals surface area contributed by atoms with E-state index < -0.39 is 17.7 Å². The summed E-state index contributed by atoms with van der Waals surface area (Å²) in [5.74, 6) is 0.00439. The largest absolute Gasteiger partial charge is 0.486 e. The highest BCUT2D eigenvalue weighted by Gasteiger charge is 2.16. The van der Waals surface area contributed by atoms with Crippen LogP contribution in [0.25, 0.3) is 0 Å². The van der Waals surface area contributed by atoms with E-state index in [2.05, 4.69) is 15.2 Å². The Bertz CT molecular complexity index is 1090. The fourth-order valence-corrected chi connectivity index (χ4v) is 3.68. The highest BCUT2D eigenvalue weighted by molar-refractivity contribution is 6.13. The van der Waals surface area contributed by atoms with Crippen molar-refractivity contribution in [3.63, 3.8) is 0 Å². The van der Waals surface area contributed by atoms with Gasteiger partial charge in [-0.1, -0.05) is 0 Å². The number of hydrogen-bond donors (Lipinski definition) is 3. The lowest BCUT2D eigenvalue weighted by Gasteiger charge is -2.28. The van der Waals surface area contributed by atoms with Crippen molar-refractivity contribution in [2.24, 2.45) is 0 Å². The highest BCUT2D eigenvalue weighted by atomic mass is 19.1. The van der Waals surface area contributed by atoms with Crippen LogP contribution < -0.4 is 20.7 Å². The van der Waals surface area contributed by atoms with Crippen LogP contribution in [-0.2, 0) is 0 Å². The standard InChI is InChI=1S/C24H25F2N5O/c1-15(17-10-18(25)12-19(26)11-17)32-20-3-4-22(27)21(13-20)24(28)16-2-5-23(30-14-16)31-8-6-29-7-9-31/h2-5,10-15,28-29H,6-9,27H2,1H3/t15-/m1/s1. The molecule has 0 amide bonds. The van der Waals surface area contributed by atoms with E-state index in [1.165, 1.54) is 12.1 Å². The Morgan fingerprint density at radius 1 is 1.09 bits per heavy atom. The van der Waals surface area contributed by atoms with Crippen molar-refractivity contribution < 1.29 is 13.5 Å². The minimum absolute atomic E-state index is 0.219. The molecule has 8 heteroatoms. The Morgan fingerprint density at radius 3 is 2.47 bits per heavy atom. The molecule has 0 unspecified atom stereocenters. The lowest BCUT2D eigenvalue weighted by molar-refractivity contribution is 0.226. The van der Waals surface area contributed by atoms with Gasteiger partial charge in [-0.2, -0.15) is 0 Å². The maximum Gasteiger partial charge on any atom is 0.128 e. The number of benzene rings is 2. The van der Waals surface area contributed by atoms with Gasteiger partial charge in [0.1, 0.15) is 29.3 Å². The number of aromatic nitrogens is 1. The van der Waals surface area contributed by atoms with Gasteiger partial charge in [0.25, 0.3) is 0 Å². The van der Waals surface area contributed by atoms with E-state index in [9.17, 15) is 8.78 Å². The molecule has 0 bridgehead atoms. The van der Waals surface area contributed by atoms with Crippen molar-refractivity contribution in [3.8, 4) is 5.75 Å². The monoisotopic (exact) mass is 437 g/mol. The van der Waals surface area contributed by atoms with E-state index in [4.69, 9.17) is 15.9 Å². The third-order valence-corrected chi connectivity index (χ3v) is 5.44. The van der Waals surface area contributed by atoms with Gasteiger partial charge in [0.2, 0.25) is 0 Å². The Balaban J connectivity index is 1.52. The first-order valence-corrected chi connectivity index (χ1v) is 10.4. The zero-order valence-electron chi connectivity index (χ0n) is 17.7. The van der Waals surface area contributed by atoms with E-state index in [0.29, 0.717) is 28.1 Å². The first kappa shape index (κ1) is 21.7. The van der Waals surface area contributed by atoms with Crippen LogP contribution in [0.2, 0.25) is 0 Å². The summed E-state index contributed by atoms with van der Waals surface area (Å²) in [4.78, 5) is 6.72. The van der Waals surface area contributed by atoms with E-state index in [1.807, 2.05) is 12.1 Å². The fraction of sp³-hybridized carbons (Fsp3) is 0.250. The number of anilines is 2. The van der Waals surface area contributed by atoms with Gasteiger partial charge >= 0.3 is 0 Å². The van der Waals surface area contributed by atoms with Crippen molar-refractivity contribution in [1.29, 1.82) is 5.41 Å². The third-order valence-electron chi connectivity index (χ3n) is 5.44. The molecular formula is C24H25F2N5O. The molecule has 32 heavy (non-hydrogen) atoms. The molecule has 1 fully saturated rings. The van der Waals surface area contributed by atoms with Gasteiger partial charge < -0.3 is 20.7 Å². The molecule has 1 aliphatic heterocycles. The second kappa shape index (κ2) is 9.32. The molecule has 3 aromatic rings. The van der Waals surface area contributed by atoms with Gasteiger partial charge in [-0.05, 0) is 55.0 Å². The molecule has 2 aromatic carbocycles. The number of rotatable bonds is 6. The Hall–Kier alpha value is -3.52. The molecule has 4 N–H and O–H groups in total. The van der Waals surface area contributed by atoms with Crippen LogP contribution in [0, 0.1) is 17.0 Å². The summed E-state index contributed by atoms with van der Waals surface area (Å²) in [5, 5.41) is 11.9. The minimum Gasteiger partial charge on any atom is -0.486 e. The average molecular weight is 437 g/mol. The molecule has 1 saturated heterocycles. The lowest BCUT2D eigenvalue weighted by atomic mass is 10.0. The number of ether oxygens (including phenoxy) is 1. The van der Waals surface area contributed by atoms with Gasteiger partial charge in [-0.25, -0.2) is 13.8 Å². The maximum absolute atomic E-state index is 13.5. The van der Waals surface area contributed by atoms with Gasteiger partial charge in [0.05, 0.1) is 5.71 Å². The summed E-state index contributed by atoms with van der Waals surface area (Å²) in [6.07, 6.45) is 1.08. The van der Waals surface area contributed by atoms with Crippen LogP contribution in [0.15, 0.2) is 54.7 Å². The number of nitrogens with one attached hydrogen (secondary N) is 2. The molecular weight excluding hydrogens is 412 g/mol. The Kier molecular flexibility index (Phi) is 6.32. The smallest absolute Gasteiger partial charge is 0.128 e. The molecule has 0 radical (unpaired) electrons. The zero-order chi connectivity index (χ0) is 22.7. The average Bonchev–Trinajstić information content (AvgIpc) is 2.80. The Labute approximate surface area is 185 Å². The molecule has 6 nitrogen and oxygen atoms in total. The molecule has 1 atom stereocenters. The summed E-state index contributed by atoms with van der Waals surface area (Å²) in [6.45, 7) is 5.33. The molecule has 0 aliphatic carbocycles. The van der Waals surface area contributed by atoms with Gasteiger partial charge in [-0.15, -0.1) is 0 Å². The molecule has 0 saturated carbocycles. The van der Waals surface area contributed by atoms with Crippen molar-refractivity contribution in [3.05, 3.63) is 83.1 Å². The molecule has 2 heterocycles. The van der Waals surface area contributed by atoms with Crippen molar-refractivity contribution in [2.75, 3.05) is 36.8 Å². The molecule has 166 valence electrons. The van der Waals surface area contributed by atoms with Crippen molar-refractivity contribution in [2.45, 2.75) is 13.0 Å². The zero-order valence-corrected chi connectivity index (χ0v) is 17.7. The summed E-state index contributed by atoms with van der Waals surface area (Å²) >= 11 is 0. The first-order valence-electron chi connectivity index (χ1n) is 10.4. The van der Waals surface area contributed by atoms with E-state index >= 15 is 0 Å². The van der Waals surface area contributed by atoms with E-state index in [0.717, 1.165) is 38.1 Å². The summed E-state index contributed by atoms with van der Waals surface area (Å²) in [6, 6.07) is 12.0. The number of hydrogen-bond acceptors (Lipinski definition) is 6. The number of nitrogen functional groups attached to an aromatic ring is 1. The van der Waals surface area contributed by atoms with Crippen molar-refractivity contribution in [1.82, 2.24) is 10.3 Å². The number of halogens is 2. The van der Waals surface area contributed by atoms with E-state index in [1.54, 1.807) is 31.3 Å². The number of piperazine rings is 1. The summed E-state index contributed by atoms with van der Waals surface area (Å²) in [7, 11) is 0. The first-order chi connectivity index (χ1) is 15.4. The number of nitrogens with zero attached hydrogens (tertiary/aromatic N) is 2. The predicted octanol–water partition coefficient (Wildman–Crippen LogP) is 3.91. The van der Waals surface area contributed by atoms with Crippen LogP contribution >= 0.6 is 0 Å². The second-order valence-corrected chi connectivity index (χ2v) is 7.73. The van der Waals surface area contributed by atoms with Crippen LogP contribution in [0.1, 0.15) is 29.7 Å². The highest BCUT2D eigenvalue weighted by Crippen LogP contribution is 2.27. The summed E-state index contributed by atoms with van der Waals surface area (Å²) < 4.78 is 32.9. The fourth-order valence-electron chi connectivity index (χ4n) is 3.68. The quantitative estimate of drug-likeness (QED) is 0.402. The van der Waals surface area contributed by atoms with Crippen LogP contribution in [0.3, 0.4) is 0 Å². The van der Waals surface area contributed by atoms with E-state index in [-0.39, 0.29) is 5.71 Å². The lowest BCUT2D eigenvalue weighted by Crippen LogP contribution is -2.43. The van der Waals surface area contributed by atoms with Crippen LogP contribution in [0.5, 0.6) is 5.75 Å². The summed E-state index contributed by atoms with van der Waals surface area (Å²) in [5.41, 5.74) is 8.28. The third kappa shape index (κ3) is 4.86. The normalized spacial score (nSPS) is 14.8. The topological polar surface area (TPSA) is 87.3 Å². The number of pyridine rings is 1. The minimum atomic E-state index is -0.660. The van der Waals surface area contributed by atoms with Crippen LogP contribution in [0.4, 0.5) is 20.3 Å². The van der Waals surface area contributed by atoms with Gasteiger partial charge in [-0.3, -0.25) is 5.41 Å². The van der Waals surface area contributed by atoms with Crippen LogP contribution in [-0.4, -0.2) is 36.9 Å². The molecule has 1 aromatic heterocycles.